The number of carbonyl (C=O) groups excluding carboxylic acids is 1. The van der Waals surface area contributed by atoms with Crippen LogP contribution in [0.25, 0.3) is 0 Å². The Hall–Kier alpha value is -2.87. The number of nitrogens with one attached hydrogen (secondary N) is 1. The number of carbonyl (C=O) groups is 1. The van der Waals surface area contributed by atoms with Gasteiger partial charge in [-0.15, -0.1) is 0 Å². The molecule has 3 rings (SSSR count). The number of nitriles is 1. The number of anilines is 2. The minimum atomic E-state index is -0.193. The van der Waals surface area contributed by atoms with Crippen molar-refractivity contribution in [2.45, 2.75) is 32.6 Å². The van der Waals surface area contributed by atoms with Gasteiger partial charge in [-0.3, -0.25) is 4.79 Å². The maximum Gasteiger partial charge on any atom is 0.259 e. The molecule has 1 aliphatic rings. The molecule has 0 unspecified atom stereocenters. The van der Waals surface area contributed by atoms with Crippen LogP contribution in [0, 0.1) is 18.3 Å². The van der Waals surface area contributed by atoms with E-state index in [0.29, 0.717) is 16.8 Å². The molecule has 1 amide bonds. The Morgan fingerprint density at radius 3 is 2.64 bits per heavy atom. The van der Waals surface area contributed by atoms with E-state index in [-0.39, 0.29) is 5.91 Å². The molecule has 2 aromatic rings. The van der Waals surface area contributed by atoms with Crippen molar-refractivity contribution in [2.75, 3.05) is 23.3 Å². The maximum absolute atomic E-state index is 12.8. The van der Waals surface area contributed by atoms with Gasteiger partial charge >= 0.3 is 0 Å². The van der Waals surface area contributed by atoms with Crippen molar-refractivity contribution in [3.8, 4) is 6.07 Å². The molecule has 0 aliphatic carbocycles. The summed E-state index contributed by atoms with van der Waals surface area (Å²) in [7, 11) is 0. The third kappa shape index (κ3) is 4.16. The molecule has 0 spiro atoms. The second-order valence-electron chi connectivity index (χ2n) is 6.37. The van der Waals surface area contributed by atoms with Gasteiger partial charge in [0, 0.05) is 24.5 Å². The monoisotopic (exact) mass is 334 g/mol. The Kier molecular flexibility index (Phi) is 5.30. The summed E-state index contributed by atoms with van der Waals surface area (Å²) < 4.78 is 0. The predicted molar refractivity (Wildman–Crippen MR) is 98.8 cm³/mol. The predicted octanol–water partition coefficient (Wildman–Crippen LogP) is 3.89. The smallest absolute Gasteiger partial charge is 0.259 e. The van der Waals surface area contributed by atoms with E-state index in [0.717, 1.165) is 37.4 Å². The minimum absolute atomic E-state index is 0.193. The molecule has 0 bridgehead atoms. The first-order chi connectivity index (χ1) is 12.2. The summed E-state index contributed by atoms with van der Waals surface area (Å²) in [4.78, 5) is 19.7. The highest BCUT2D eigenvalue weighted by molar-refractivity contribution is 6.07. The molecule has 1 aliphatic heterocycles. The van der Waals surface area contributed by atoms with Crippen molar-refractivity contribution in [1.29, 1.82) is 5.26 Å². The van der Waals surface area contributed by atoms with E-state index in [1.54, 1.807) is 24.3 Å². The molecular weight excluding hydrogens is 312 g/mol. The van der Waals surface area contributed by atoms with E-state index in [4.69, 9.17) is 5.26 Å². The summed E-state index contributed by atoms with van der Waals surface area (Å²) in [6.07, 6.45) is 4.71. The lowest BCUT2D eigenvalue weighted by Gasteiger charge is -2.24. The molecule has 0 radical (unpaired) electrons. The van der Waals surface area contributed by atoms with Gasteiger partial charge < -0.3 is 10.2 Å². The van der Waals surface area contributed by atoms with E-state index in [1.807, 2.05) is 19.1 Å². The Balaban J connectivity index is 1.87. The minimum Gasteiger partial charge on any atom is -0.356 e. The fraction of sp³-hybridized carbons (Fsp3) is 0.350. The number of hydrogen-bond acceptors (Lipinski definition) is 4. The topological polar surface area (TPSA) is 69.0 Å². The highest BCUT2D eigenvalue weighted by Crippen LogP contribution is 2.23. The SMILES string of the molecule is Cc1ccc(C(=O)Nc2cccc(C#N)c2)c(N2CCCCCC2)n1. The molecule has 25 heavy (non-hydrogen) atoms. The first kappa shape index (κ1) is 17.0. The fourth-order valence-electron chi connectivity index (χ4n) is 3.11. The second-order valence-corrected chi connectivity index (χ2v) is 6.37. The Morgan fingerprint density at radius 2 is 1.92 bits per heavy atom. The van der Waals surface area contributed by atoms with Gasteiger partial charge in [-0.1, -0.05) is 18.9 Å². The third-order valence-corrected chi connectivity index (χ3v) is 4.41. The van der Waals surface area contributed by atoms with Gasteiger partial charge in [0.15, 0.2) is 0 Å². The van der Waals surface area contributed by atoms with Crippen LogP contribution >= 0.6 is 0 Å². The van der Waals surface area contributed by atoms with Gasteiger partial charge in [-0.25, -0.2) is 4.98 Å². The summed E-state index contributed by atoms with van der Waals surface area (Å²) in [5.74, 6) is 0.567. The molecule has 1 aromatic heterocycles. The summed E-state index contributed by atoms with van der Waals surface area (Å²) in [5.41, 5.74) is 2.62. The van der Waals surface area contributed by atoms with Crippen molar-refractivity contribution in [3.05, 3.63) is 53.2 Å². The van der Waals surface area contributed by atoms with E-state index in [9.17, 15) is 4.79 Å². The van der Waals surface area contributed by atoms with Crippen LogP contribution in [0.1, 0.15) is 47.3 Å². The Morgan fingerprint density at radius 1 is 1.16 bits per heavy atom. The number of pyridine rings is 1. The zero-order valence-electron chi connectivity index (χ0n) is 14.5. The zero-order chi connectivity index (χ0) is 17.6. The lowest BCUT2D eigenvalue weighted by Crippen LogP contribution is -2.28. The Bertz CT molecular complexity index is 802. The molecular formula is C20H22N4O. The highest BCUT2D eigenvalue weighted by atomic mass is 16.1. The molecule has 1 aromatic carbocycles. The lowest BCUT2D eigenvalue weighted by atomic mass is 10.1. The normalized spacial score (nSPS) is 14.5. The van der Waals surface area contributed by atoms with Crippen LogP contribution in [0.5, 0.6) is 0 Å². The van der Waals surface area contributed by atoms with Gasteiger partial charge in [0.2, 0.25) is 0 Å². The van der Waals surface area contributed by atoms with Crippen molar-refractivity contribution in [2.24, 2.45) is 0 Å². The van der Waals surface area contributed by atoms with Crippen molar-refractivity contribution >= 4 is 17.4 Å². The largest absolute Gasteiger partial charge is 0.356 e. The standard InChI is InChI=1S/C20H22N4O/c1-15-9-10-18(19(22-15)24-11-4-2-3-5-12-24)20(25)23-17-8-6-7-16(13-17)14-21/h6-10,13H,2-5,11-12H2,1H3,(H,23,25). The van der Waals surface area contributed by atoms with E-state index < -0.39 is 0 Å². The molecule has 128 valence electrons. The average molecular weight is 334 g/mol. The first-order valence-corrected chi connectivity index (χ1v) is 8.71. The lowest BCUT2D eigenvalue weighted by molar-refractivity contribution is 0.102. The van der Waals surface area contributed by atoms with Crippen LogP contribution < -0.4 is 10.2 Å². The molecule has 0 atom stereocenters. The molecule has 1 N–H and O–H groups in total. The first-order valence-electron chi connectivity index (χ1n) is 8.71. The average Bonchev–Trinajstić information content (AvgIpc) is 2.91. The van der Waals surface area contributed by atoms with E-state index in [1.165, 1.54) is 12.8 Å². The number of amides is 1. The van der Waals surface area contributed by atoms with Gasteiger partial charge in [0.25, 0.3) is 5.91 Å². The van der Waals surface area contributed by atoms with E-state index >= 15 is 0 Å². The zero-order valence-corrected chi connectivity index (χ0v) is 14.5. The van der Waals surface area contributed by atoms with Crippen molar-refractivity contribution < 1.29 is 4.79 Å². The van der Waals surface area contributed by atoms with Gasteiger partial charge in [0.05, 0.1) is 17.2 Å². The van der Waals surface area contributed by atoms with Gasteiger partial charge in [0.1, 0.15) is 5.82 Å². The summed E-state index contributed by atoms with van der Waals surface area (Å²) in [6.45, 7) is 3.81. The van der Waals surface area contributed by atoms with Crippen LogP contribution in [0.2, 0.25) is 0 Å². The quantitative estimate of drug-likeness (QED) is 0.924. The molecule has 1 fully saturated rings. The van der Waals surface area contributed by atoms with Crippen LogP contribution in [-0.4, -0.2) is 24.0 Å². The summed E-state index contributed by atoms with van der Waals surface area (Å²) >= 11 is 0. The Labute approximate surface area is 148 Å². The fourth-order valence-corrected chi connectivity index (χ4v) is 3.11. The van der Waals surface area contributed by atoms with Crippen LogP contribution in [0.4, 0.5) is 11.5 Å². The van der Waals surface area contributed by atoms with Crippen LogP contribution in [0.15, 0.2) is 36.4 Å². The number of nitrogens with zero attached hydrogens (tertiary/aromatic N) is 3. The molecule has 5 nitrogen and oxygen atoms in total. The van der Waals surface area contributed by atoms with Crippen LogP contribution in [0.3, 0.4) is 0 Å². The highest BCUT2D eigenvalue weighted by Gasteiger charge is 2.20. The number of aryl methyl sites for hydroxylation is 1. The number of aromatic nitrogens is 1. The van der Waals surface area contributed by atoms with Crippen LogP contribution in [-0.2, 0) is 0 Å². The van der Waals surface area contributed by atoms with Gasteiger partial charge in [-0.2, -0.15) is 5.26 Å². The summed E-state index contributed by atoms with van der Waals surface area (Å²) in [5, 5.41) is 11.9. The molecule has 1 saturated heterocycles. The third-order valence-electron chi connectivity index (χ3n) is 4.41. The van der Waals surface area contributed by atoms with Crippen molar-refractivity contribution in [1.82, 2.24) is 4.98 Å². The molecule has 0 saturated carbocycles. The second kappa shape index (κ2) is 7.80. The maximum atomic E-state index is 12.8. The number of benzene rings is 1. The number of hydrogen-bond donors (Lipinski definition) is 1. The van der Waals surface area contributed by atoms with E-state index in [2.05, 4.69) is 21.3 Å². The van der Waals surface area contributed by atoms with Gasteiger partial charge in [-0.05, 0) is 50.1 Å². The molecule has 2 heterocycles. The summed E-state index contributed by atoms with van der Waals surface area (Å²) in [6, 6.07) is 12.7. The van der Waals surface area contributed by atoms with Crippen molar-refractivity contribution in [3.63, 3.8) is 0 Å². The molecule has 5 heteroatoms. The number of rotatable bonds is 3.